The van der Waals surface area contributed by atoms with Gasteiger partial charge < -0.3 is 35.1 Å². The molecule has 0 aromatic heterocycles. The average molecular weight is 586 g/mol. The third-order valence-electron chi connectivity index (χ3n) is 6.74. The summed E-state index contributed by atoms with van der Waals surface area (Å²) >= 11 is 0. The second kappa shape index (κ2) is 16.8. The van der Waals surface area contributed by atoms with Crippen LogP contribution in [0, 0.1) is 0 Å². The molecule has 5 N–H and O–H groups in total. The monoisotopic (exact) mass is 585 g/mol. The number of aryl methyl sites for hydroxylation is 1. The van der Waals surface area contributed by atoms with Crippen LogP contribution in [-0.4, -0.2) is 60.2 Å². The Balaban J connectivity index is 1.16. The predicted molar refractivity (Wildman–Crippen MR) is 157 cm³/mol. The van der Waals surface area contributed by atoms with E-state index >= 15 is 0 Å². The lowest BCUT2D eigenvalue weighted by molar-refractivity contribution is -0.180. The molecule has 230 valence electrons. The molecule has 0 spiro atoms. The Morgan fingerprint density at radius 1 is 1.00 bits per heavy atom. The van der Waals surface area contributed by atoms with Gasteiger partial charge in [-0.3, -0.25) is 10.1 Å². The summed E-state index contributed by atoms with van der Waals surface area (Å²) in [5.74, 6) is -2.93. The number of carboxylic acid groups (broad SMARTS) is 1. The third-order valence-corrected chi connectivity index (χ3v) is 6.74. The predicted octanol–water partition coefficient (Wildman–Crippen LogP) is 4.29. The number of carbonyl (C=O) groups excluding carboxylic acids is 2. The number of anilines is 1. The smallest absolute Gasteiger partial charge is 0.394 e. The Bertz CT molecular complexity index is 1190. The second-order valence-corrected chi connectivity index (χ2v) is 10.8. The van der Waals surface area contributed by atoms with Gasteiger partial charge >= 0.3 is 17.9 Å². The van der Waals surface area contributed by atoms with E-state index in [-0.39, 0.29) is 0 Å². The summed E-state index contributed by atoms with van der Waals surface area (Å²) in [6.07, 6.45) is 6.32. The molecule has 0 unspecified atom stereocenters. The first-order chi connectivity index (χ1) is 20.1. The maximum atomic E-state index is 11.7. The van der Waals surface area contributed by atoms with Gasteiger partial charge in [0, 0.05) is 44.9 Å². The van der Waals surface area contributed by atoms with E-state index in [1.165, 1.54) is 0 Å². The van der Waals surface area contributed by atoms with E-state index in [4.69, 9.17) is 19.3 Å². The van der Waals surface area contributed by atoms with Crippen LogP contribution in [0.1, 0.15) is 75.2 Å². The summed E-state index contributed by atoms with van der Waals surface area (Å²) in [7, 11) is 0. The van der Waals surface area contributed by atoms with Crippen LogP contribution in [0.4, 0.5) is 10.5 Å². The van der Waals surface area contributed by atoms with Crippen LogP contribution >= 0.6 is 0 Å². The van der Waals surface area contributed by atoms with E-state index in [2.05, 4.69) is 10.6 Å². The van der Waals surface area contributed by atoms with Crippen LogP contribution in [-0.2, 0) is 32.1 Å². The van der Waals surface area contributed by atoms with Gasteiger partial charge in [0.2, 0.25) is 5.79 Å². The lowest BCUT2D eigenvalue weighted by Crippen LogP contribution is -2.38. The normalized spacial score (nSPS) is 14.4. The number of ether oxygens (including phenoxy) is 3. The molecule has 42 heavy (non-hydrogen) atoms. The number of aliphatic carboxylic acids is 1. The SMILES string of the molecule is CC1(C)OCc2cc([C@@H](O)CNCCCCCCOCCCCc3cccc(NC(=O)NC(=O)C(=O)O)c3)ccc2O1. The zero-order valence-corrected chi connectivity index (χ0v) is 24.4. The minimum Gasteiger partial charge on any atom is -0.474 e. The van der Waals surface area contributed by atoms with E-state index in [1.807, 2.05) is 38.1 Å². The number of unbranched alkanes of at least 4 members (excludes halogenated alkanes) is 4. The standard InChI is InChI=1S/C31H43N3O8/c1-31(2)41-21-24-19-23(13-14-27(24)42-31)26(35)20-32-15-6-3-4-7-16-40-17-8-5-10-22-11-9-12-25(18-22)33-30(39)34-28(36)29(37)38/h9,11-14,18-19,26,32,35H,3-8,10,15-17,20-21H2,1-2H3,(H,37,38)(H2,33,34,36,39)/t26-/m0/s1. The van der Waals surface area contributed by atoms with Crippen molar-refractivity contribution in [3.8, 4) is 5.75 Å². The lowest BCUT2D eigenvalue weighted by Gasteiger charge is -2.33. The Labute approximate surface area is 246 Å². The number of carboxylic acids is 1. The highest BCUT2D eigenvalue weighted by atomic mass is 16.7. The number of benzene rings is 2. The molecule has 0 fully saturated rings. The van der Waals surface area contributed by atoms with Crippen LogP contribution in [0.3, 0.4) is 0 Å². The first-order valence-electron chi connectivity index (χ1n) is 14.5. The summed E-state index contributed by atoms with van der Waals surface area (Å²) in [6.45, 7) is 7.02. The highest BCUT2D eigenvalue weighted by Gasteiger charge is 2.27. The number of nitrogens with one attached hydrogen (secondary N) is 3. The fraction of sp³-hybridized carbons (Fsp3) is 0.516. The second-order valence-electron chi connectivity index (χ2n) is 10.8. The van der Waals surface area contributed by atoms with Gasteiger partial charge in [-0.1, -0.05) is 31.0 Å². The largest absolute Gasteiger partial charge is 0.474 e. The van der Waals surface area contributed by atoms with Crippen LogP contribution in [0.2, 0.25) is 0 Å². The van der Waals surface area contributed by atoms with Crippen LogP contribution < -0.4 is 20.7 Å². The summed E-state index contributed by atoms with van der Waals surface area (Å²) < 4.78 is 17.3. The molecule has 0 bridgehead atoms. The highest BCUT2D eigenvalue weighted by molar-refractivity contribution is 6.35. The van der Waals surface area contributed by atoms with E-state index in [0.29, 0.717) is 25.4 Å². The molecule has 2 aromatic rings. The molecule has 0 saturated heterocycles. The molecule has 3 amide bonds. The molecule has 1 aliphatic heterocycles. The lowest BCUT2D eigenvalue weighted by atomic mass is 10.0. The Hall–Kier alpha value is -3.51. The van der Waals surface area contributed by atoms with Crippen LogP contribution in [0.5, 0.6) is 5.75 Å². The van der Waals surface area contributed by atoms with Crippen molar-refractivity contribution < 1.29 is 38.8 Å². The number of carbonyl (C=O) groups is 3. The molecule has 1 heterocycles. The quantitative estimate of drug-likeness (QED) is 0.143. The Kier molecular flexibility index (Phi) is 13.2. The van der Waals surface area contributed by atoms with Crippen molar-refractivity contribution in [2.75, 3.05) is 31.6 Å². The number of hydrogen-bond acceptors (Lipinski definition) is 8. The summed E-state index contributed by atoms with van der Waals surface area (Å²) in [5, 5.41) is 26.6. The number of imide groups is 1. The molecular weight excluding hydrogens is 542 g/mol. The molecule has 11 heteroatoms. The van der Waals surface area contributed by atoms with Gasteiger partial charge in [0.1, 0.15) is 5.75 Å². The van der Waals surface area contributed by atoms with Crippen molar-refractivity contribution in [2.24, 2.45) is 0 Å². The summed E-state index contributed by atoms with van der Waals surface area (Å²) in [4.78, 5) is 33.3. The van der Waals surface area contributed by atoms with E-state index in [0.717, 1.165) is 80.5 Å². The highest BCUT2D eigenvalue weighted by Crippen LogP contribution is 2.32. The van der Waals surface area contributed by atoms with E-state index in [9.17, 15) is 19.5 Å². The van der Waals surface area contributed by atoms with Crippen LogP contribution in [0.15, 0.2) is 42.5 Å². The van der Waals surface area contributed by atoms with Crippen molar-refractivity contribution in [2.45, 2.75) is 77.3 Å². The number of urea groups is 1. The summed E-state index contributed by atoms with van der Waals surface area (Å²) in [6, 6.07) is 12.1. The van der Waals surface area contributed by atoms with Gasteiger partial charge in [0.05, 0.1) is 12.7 Å². The molecule has 1 aliphatic rings. The zero-order chi connectivity index (χ0) is 30.4. The molecule has 3 rings (SSSR count). The number of aliphatic hydroxyl groups excluding tert-OH is 1. The van der Waals surface area contributed by atoms with Gasteiger partial charge in [-0.25, -0.2) is 9.59 Å². The van der Waals surface area contributed by atoms with Crippen molar-refractivity contribution in [1.82, 2.24) is 10.6 Å². The van der Waals surface area contributed by atoms with Gasteiger partial charge in [-0.05, 0) is 74.0 Å². The van der Waals surface area contributed by atoms with E-state index < -0.39 is 29.8 Å². The molecule has 0 radical (unpaired) electrons. The first kappa shape index (κ1) is 33.0. The summed E-state index contributed by atoms with van der Waals surface area (Å²) in [5.41, 5.74) is 3.31. The van der Waals surface area contributed by atoms with E-state index in [1.54, 1.807) is 23.5 Å². The fourth-order valence-electron chi connectivity index (χ4n) is 4.49. The molecule has 0 saturated carbocycles. The Morgan fingerprint density at radius 3 is 2.55 bits per heavy atom. The minimum atomic E-state index is -1.72. The van der Waals surface area contributed by atoms with Gasteiger partial charge in [0.15, 0.2) is 0 Å². The number of hydrogen-bond donors (Lipinski definition) is 5. The van der Waals surface area contributed by atoms with Crippen molar-refractivity contribution >= 4 is 23.6 Å². The zero-order valence-electron chi connectivity index (χ0n) is 24.4. The fourth-order valence-corrected chi connectivity index (χ4v) is 4.49. The van der Waals surface area contributed by atoms with Crippen LogP contribution in [0.25, 0.3) is 0 Å². The van der Waals surface area contributed by atoms with Crippen molar-refractivity contribution in [1.29, 1.82) is 0 Å². The number of rotatable bonds is 16. The molecular formula is C31H43N3O8. The molecule has 11 nitrogen and oxygen atoms in total. The minimum absolute atomic E-state index is 0.472. The molecule has 0 aliphatic carbocycles. The Morgan fingerprint density at radius 2 is 1.76 bits per heavy atom. The first-order valence-corrected chi connectivity index (χ1v) is 14.5. The van der Waals surface area contributed by atoms with Gasteiger partial charge in [0.25, 0.3) is 0 Å². The molecule has 1 atom stereocenters. The third kappa shape index (κ3) is 11.8. The van der Waals surface area contributed by atoms with Gasteiger partial charge in [-0.2, -0.15) is 0 Å². The van der Waals surface area contributed by atoms with Gasteiger partial charge in [-0.15, -0.1) is 0 Å². The number of amides is 3. The number of aliphatic hydroxyl groups is 1. The van der Waals surface area contributed by atoms with Crippen molar-refractivity contribution in [3.63, 3.8) is 0 Å². The average Bonchev–Trinajstić information content (AvgIpc) is 2.94. The molecule has 2 aromatic carbocycles. The maximum absolute atomic E-state index is 11.7. The number of fused-ring (bicyclic) bond motifs is 1. The van der Waals surface area contributed by atoms with Crippen molar-refractivity contribution in [3.05, 3.63) is 59.2 Å². The topological polar surface area (TPSA) is 155 Å². The maximum Gasteiger partial charge on any atom is 0.394 e.